The van der Waals surface area contributed by atoms with Crippen LogP contribution in [-0.2, 0) is 27.8 Å². The van der Waals surface area contributed by atoms with E-state index in [1.807, 2.05) is 53.4 Å². The molecular formula is C14H24Cl4N6. The normalized spacial score (nSPS) is 8.71. The van der Waals surface area contributed by atoms with Crippen molar-refractivity contribution in [3.8, 4) is 0 Å². The van der Waals surface area contributed by atoms with Gasteiger partial charge in [0, 0.05) is 20.9 Å². The third-order valence-corrected chi connectivity index (χ3v) is 2.61. The first-order valence-corrected chi connectivity index (χ1v) is 7.68. The number of rotatable bonds is 2. The summed E-state index contributed by atoms with van der Waals surface area (Å²) < 4.78 is 10.2. The molecule has 0 saturated heterocycles. The van der Waals surface area contributed by atoms with Crippen molar-refractivity contribution < 1.29 is 35.4 Å². The van der Waals surface area contributed by atoms with Gasteiger partial charge in [-0.05, 0) is 0 Å². The van der Waals surface area contributed by atoms with Crippen LogP contribution in [-0.4, -0.2) is 24.0 Å². The third kappa shape index (κ3) is 10.5. The van der Waals surface area contributed by atoms with Crippen LogP contribution in [0.4, 0.5) is 0 Å². The summed E-state index contributed by atoms with van der Waals surface area (Å²) >= 11 is 9.53. The molecule has 0 saturated carbocycles. The minimum atomic E-state index is 0. The van der Waals surface area contributed by atoms with Crippen LogP contribution in [0.5, 0.6) is 0 Å². The van der Waals surface area contributed by atoms with E-state index in [-0.39, 0.29) is 31.6 Å². The number of imidazole rings is 3. The number of aryl methyl sites for hydroxylation is 3. The van der Waals surface area contributed by atoms with Gasteiger partial charge < -0.3 is 29.4 Å². The van der Waals surface area contributed by atoms with Gasteiger partial charge in [0.25, 0.3) is 0 Å². The van der Waals surface area contributed by atoms with Crippen LogP contribution in [0.2, 0.25) is 0 Å². The van der Waals surface area contributed by atoms with E-state index < -0.39 is 0 Å². The monoisotopic (exact) mass is 417 g/mol. The maximum absolute atomic E-state index is 4.76. The predicted octanol–water partition coefficient (Wildman–Crippen LogP) is -4.46. The zero-order valence-corrected chi connectivity index (χ0v) is 16.8. The Morgan fingerprint density at radius 3 is 1.62 bits per heavy atom. The molecule has 0 atom stereocenters. The fourth-order valence-corrected chi connectivity index (χ4v) is 1.69. The molecule has 3 aromatic heterocycles. The van der Waals surface area contributed by atoms with Gasteiger partial charge in [0.15, 0.2) is 0 Å². The molecule has 0 fully saturated rings. The summed E-state index contributed by atoms with van der Waals surface area (Å²) in [4.78, 5) is 3.78. The standard InChI is InChI=1S/C9H14N4.C4H6N2.CH2Cl2.2ClH.H2/c1-10-3-5-12(7-10)9-13-6-4-11(2)8-13;1-6-3-2-5-4-6;2-1-3;;;/h3-8H,9H2,1-2H3;2-4H,1H3;1H2;3*1H/q+2;;;;;/p-2/i;;;;;1+1. The first-order valence-electron chi connectivity index (χ1n) is 6.61. The second kappa shape index (κ2) is 14.2. The maximum Gasteiger partial charge on any atom is 0.246 e. The molecule has 0 bridgehead atoms. The van der Waals surface area contributed by atoms with Crippen LogP contribution in [0.25, 0.3) is 0 Å². The largest absolute Gasteiger partial charge is 1.00 e. The lowest BCUT2D eigenvalue weighted by molar-refractivity contribution is -0.671. The average molecular weight is 419 g/mol. The summed E-state index contributed by atoms with van der Waals surface area (Å²) in [6.07, 6.45) is 17.7. The number of hydrogen-bond acceptors (Lipinski definition) is 1. The molecule has 10 heteroatoms. The van der Waals surface area contributed by atoms with E-state index in [1.54, 1.807) is 12.5 Å². The van der Waals surface area contributed by atoms with Crippen molar-refractivity contribution in [2.24, 2.45) is 21.1 Å². The van der Waals surface area contributed by atoms with Crippen LogP contribution in [0, 0.1) is 0 Å². The van der Waals surface area contributed by atoms with Crippen molar-refractivity contribution in [3.05, 3.63) is 56.2 Å². The minimum Gasteiger partial charge on any atom is -1.00 e. The van der Waals surface area contributed by atoms with Crippen molar-refractivity contribution >= 4 is 23.2 Å². The second-order valence-corrected chi connectivity index (χ2v) is 5.47. The number of halogens is 4. The van der Waals surface area contributed by atoms with E-state index in [1.165, 1.54) is 0 Å². The van der Waals surface area contributed by atoms with E-state index in [4.69, 9.17) is 23.2 Å². The summed E-state index contributed by atoms with van der Waals surface area (Å²) in [6.45, 7) is 0.863. The van der Waals surface area contributed by atoms with Crippen molar-refractivity contribution in [1.29, 1.82) is 0 Å². The molecule has 3 aromatic rings. The Morgan fingerprint density at radius 1 is 0.958 bits per heavy atom. The minimum absolute atomic E-state index is 0. The maximum atomic E-state index is 4.76. The Labute approximate surface area is 166 Å². The van der Waals surface area contributed by atoms with Gasteiger partial charge in [-0.3, -0.25) is 0 Å². The van der Waals surface area contributed by atoms with Gasteiger partial charge in [-0.1, -0.05) is 0 Å². The van der Waals surface area contributed by atoms with Crippen molar-refractivity contribution in [1.82, 2.24) is 18.7 Å². The smallest absolute Gasteiger partial charge is 0.246 e. The Bertz CT molecular complexity index is 603. The van der Waals surface area contributed by atoms with Crippen molar-refractivity contribution in [2.45, 2.75) is 6.67 Å². The fourth-order valence-electron chi connectivity index (χ4n) is 1.69. The average Bonchev–Trinajstić information content (AvgIpc) is 3.17. The van der Waals surface area contributed by atoms with Crippen molar-refractivity contribution in [3.63, 3.8) is 0 Å². The summed E-state index contributed by atoms with van der Waals surface area (Å²) in [5.74, 6) is 0. The molecule has 0 aromatic carbocycles. The lowest BCUT2D eigenvalue weighted by atomic mass is 10.8. The Morgan fingerprint density at radius 2 is 1.42 bits per heavy atom. The first-order chi connectivity index (χ1) is 10.5. The Kier molecular flexibility index (Phi) is 14.8. The number of alkyl halides is 2. The lowest BCUT2D eigenvalue weighted by Crippen LogP contribution is -3.00. The number of hydrogen-bond donors (Lipinski definition) is 0. The van der Waals surface area contributed by atoms with Crippen LogP contribution in [0.3, 0.4) is 0 Å². The topological polar surface area (TPSA) is 35.4 Å². The number of nitrogens with zero attached hydrogens (tertiary/aromatic N) is 6. The summed E-state index contributed by atoms with van der Waals surface area (Å²) in [6, 6.07) is 0. The highest BCUT2D eigenvalue weighted by Crippen LogP contribution is 1.87. The van der Waals surface area contributed by atoms with Crippen molar-refractivity contribution in [2.75, 3.05) is 5.34 Å². The van der Waals surface area contributed by atoms with Gasteiger partial charge >= 0.3 is 0 Å². The molecule has 0 spiro atoms. The lowest BCUT2D eigenvalue weighted by Gasteiger charge is -1.89. The predicted molar refractivity (Wildman–Crippen MR) is 88.5 cm³/mol. The molecule has 3 heterocycles. The molecule has 0 radical (unpaired) electrons. The van der Waals surface area contributed by atoms with Crippen LogP contribution in [0.15, 0.2) is 56.2 Å². The molecule has 138 valence electrons. The summed E-state index contributed by atoms with van der Waals surface area (Å²) in [7, 11) is 5.98. The van der Waals surface area contributed by atoms with Crippen LogP contribution >= 0.6 is 23.2 Å². The van der Waals surface area contributed by atoms with E-state index in [9.17, 15) is 0 Å². The third-order valence-electron chi connectivity index (χ3n) is 2.61. The van der Waals surface area contributed by atoms with Gasteiger partial charge in [-0.2, -0.15) is 9.13 Å². The Balaban J connectivity index is -0.000000346. The molecule has 3 rings (SSSR count). The zero-order chi connectivity index (χ0) is 16.4. The summed E-state index contributed by atoms with van der Waals surface area (Å²) in [5.41, 5.74) is 0. The molecule has 0 aliphatic carbocycles. The molecule has 0 aliphatic rings. The molecule has 0 amide bonds. The molecular weight excluding hydrogens is 394 g/mol. The quantitative estimate of drug-likeness (QED) is 0.305. The second-order valence-electron chi connectivity index (χ2n) is 4.66. The van der Waals surface area contributed by atoms with Gasteiger partial charge in [0.1, 0.15) is 24.8 Å². The zero-order valence-electron chi connectivity index (χ0n) is 13.8. The summed E-state index contributed by atoms with van der Waals surface area (Å²) in [5, 5.41) is 0.194. The highest BCUT2D eigenvalue weighted by Gasteiger charge is 2.04. The van der Waals surface area contributed by atoms with E-state index in [2.05, 4.69) is 39.2 Å². The highest BCUT2D eigenvalue weighted by atomic mass is 35.5. The molecule has 0 aliphatic heterocycles. The first kappa shape index (κ1) is 25.0. The van der Waals surface area contributed by atoms with Crippen LogP contribution in [0.1, 0.15) is 1.43 Å². The van der Waals surface area contributed by atoms with Gasteiger partial charge in [-0.25, -0.2) is 14.1 Å². The number of aromatic nitrogens is 6. The van der Waals surface area contributed by atoms with E-state index in [0.717, 1.165) is 6.67 Å². The molecule has 6 nitrogen and oxygen atoms in total. The fraction of sp³-hybridized carbons (Fsp3) is 0.357. The van der Waals surface area contributed by atoms with E-state index in [0.29, 0.717) is 0 Å². The van der Waals surface area contributed by atoms with Gasteiger partial charge in [0.05, 0.1) is 25.8 Å². The van der Waals surface area contributed by atoms with Crippen LogP contribution < -0.4 is 33.9 Å². The van der Waals surface area contributed by atoms with Gasteiger partial charge in [-0.15, -0.1) is 23.2 Å². The molecule has 0 unspecified atom stereocenters. The molecule has 0 N–H and O–H groups in total. The highest BCUT2D eigenvalue weighted by molar-refractivity contribution is 6.40. The van der Waals surface area contributed by atoms with Gasteiger partial charge in [0.2, 0.25) is 19.3 Å². The molecule has 24 heavy (non-hydrogen) atoms. The van der Waals surface area contributed by atoms with E-state index >= 15 is 0 Å². The Hall–Kier alpha value is -1.21. The SMILES string of the molecule is C[n+]1ccn(Cn2cc[n+](C)c2)c1.ClCCl.Cn1ccnc1.[2HH].[Cl-].[Cl-].